The molecule has 2 aliphatic rings. The summed E-state index contributed by atoms with van der Waals surface area (Å²) in [5.74, 6) is 1.23. The summed E-state index contributed by atoms with van der Waals surface area (Å²) in [7, 11) is -2.13. The number of ether oxygens (including phenoxy) is 2. The normalized spacial score (nSPS) is 16.5. The van der Waals surface area contributed by atoms with E-state index in [-0.39, 0.29) is 16.5 Å². The van der Waals surface area contributed by atoms with Gasteiger partial charge in [-0.2, -0.15) is 0 Å². The third-order valence-corrected chi connectivity index (χ3v) is 7.19. The van der Waals surface area contributed by atoms with Gasteiger partial charge in [-0.05, 0) is 43.0 Å². The number of fused-ring (bicyclic) bond motifs is 1. The molecule has 1 N–H and O–H groups in total. The average Bonchev–Trinajstić information content (AvgIpc) is 2.79. The SMILES string of the molecule is CN(CC1CCCCC1)C(=O)c1ccccc1NS(=O)(=O)c1ccc2c(c1)OCCO2. The van der Waals surface area contributed by atoms with E-state index in [1.54, 1.807) is 42.3 Å². The molecule has 0 unspecified atom stereocenters. The van der Waals surface area contributed by atoms with Crippen molar-refractivity contribution in [1.82, 2.24) is 4.90 Å². The number of carbonyl (C=O) groups is 1. The number of rotatable bonds is 6. The van der Waals surface area contributed by atoms with Gasteiger partial charge in [0.15, 0.2) is 11.5 Å². The molecular weight excluding hydrogens is 416 g/mol. The Bertz CT molecular complexity index is 1050. The Morgan fingerprint density at radius 2 is 1.74 bits per heavy atom. The first-order valence-electron chi connectivity index (χ1n) is 10.7. The standard InChI is InChI=1S/C23H28N2O5S/c1-25(16-17-7-3-2-4-8-17)23(26)19-9-5-6-10-20(19)24-31(27,28)18-11-12-21-22(15-18)30-14-13-29-21/h5-6,9-12,15,17,24H,2-4,7-8,13-14,16H2,1H3. The number of hydrogen-bond acceptors (Lipinski definition) is 5. The molecule has 2 aromatic carbocycles. The second-order valence-corrected chi connectivity index (χ2v) is 9.83. The summed E-state index contributed by atoms with van der Waals surface area (Å²) in [4.78, 5) is 14.9. The highest BCUT2D eigenvalue weighted by Gasteiger charge is 2.24. The van der Waals surface area contributed by atoms with Crippen LogP contribution in [0.3, 0.4) is 0 Å². The molecule has 1 saturated carbocycles. The zero-order chi connectivity index (χ0) is 21.8. The predicted octanol–water partition coefficient (Wildman–Crippen LogP) is 3.91. The van der Waals surface area contributed by atoms with Crippen LogP contribution in [0.4, 0.5) is 5.69 Å². The largest absolute Gasteiger partial charge is 0.486 e. The maximum absolute atomic E-state index is 13.1. The zero-order valence-electron chi connectivity index (χ0n) is 17.7. The molecule has 1 aliphatic heterocycles. The van der Waals surface area contributed by atoms with Gasteiger partial charge in [0, 0.05) is 19.7 Å². The van der Waals surface area contributed by atoms with Gasteiger partial charge >= 0.3 is 0 Å². The minimum Gasteiger partial charge on any atom is -0.486 e. The molecule has 7 nitrogen and oxygen atoms in total. The summed E-state index contributed by atoms with van der Waals surface area (Å²) in [5, 5.41) is 0. The quantitative estimate of drug-likeness (QED) is 0.730. The lowest BCUT2D eigenvalue weighted by molar-refractivity contribution is 0.0761. The smallest absolute Gasteiger partial charge is 0.262 e. The third-order valence-electron chi connectivity index (χ3n) is 5.83. The molecular formula is C23H28N2O5S. The fraction of sp³-hybridized carbons (Fsp3) is 0.435. The Labute approximate surface area is 183 Å². The molecule has 1 amide bonds. The number of anilines is 1. The lowest BCUT2D eigenvalue weighted by Gasteiger charge is -2.27. The van der Waals surface area contributed by atoms with Gasteiger partial charge in [-0.25, -0.2) is 8.42 Å². The Morgan fingerprint density at radius 1 is 1.03 bits per heavy atom. The van der Waals surface area contributed by atoms with Gasteiger partial charge < -0.3 is 14.4 Å². The van der Waals surface area contributed by atoms with E-state index in [1.807, 2.05) is 0 Å². The topological polar surface area (TPSA) is 84.9 Å². The predicted molar refractivity (Wildman–Crippen MR) is 118 cm³/mol. The Balaban J connectivity index is 1.53. The molecule has 166 valence electrons. The fourth-order valence-electron chi connectivity index (χ4n) is 4.20. The number of carbonyl (C=O) groups excluding carboxylic acids is 1. The maximum atomic E-state index is 13.1. The van der Waals surface area contributed by atoms with Crippen molar-refractivity contribution in [3.63, 3.8) is 0 Å². The number of nitrogens with zero attached hydrogens (tertiary/aromatic N) is 1. The highest BCUT2D eigenvalue weighted by molar-refractivity contribution is 7.92. The van der Waals surface area contributed by atoms with Crippen molar-refractivity contribution in [2.75, 3.05) is 31.5 Å². The van der Waals surface area contributed by atoms with Gasteiger partial charge in [0.25, 0.3) is 15.9 Å². The van der Waals surface area contributed by atoms with Crippen molar-refractivity contribution >= 4 is 21.6 Å². The molecule has 0 bridgehead atoms. The van der Waals surface area contributed by atoms with Crippen molar-refractivity contribution in [3.05, 3.63) is 48.0 Å². The number of hydrogen-bond donors (Lipinski definition) is 1. The van der Waals surface area contributed by atoms with Gasteiger partial charge in [-0.3, -0.25) is 9.52 Å². The minimum absolute atomic E-state index is 0.0505. The van der Waals surface area contributed by atoms with Crippen LogP contribution in [0.2, 0.25) is 0 Å². The van der Waals surface area contributed by atoms with Crippen molar-refractivity contribution < 1.29 is 22.7 Å². The summed E-state index contributed by atoms with van der Waals surface area (Å²) in [6, 6.07) is 11.2. The summed E-state index contributed by atoms with van der Waals surface area (Å²) in [6.07, 6.45) is 5.95. The van der Waals surface area contributed by atoms with Crippen LogP contribution in [0.1, 0.15) is 42.5 Å². The number of para-hydroxylation sites is 1. The van der Waals surface area contributed by atoms with Crippen LogP contribution in [0.15, 0.2) is 47.4 Å². The van der Waals surface area contributed by atoms with E-state index in [2.05, 4.69) is 4.72 Å². The summed E-state index contributed by atoms with van der Waals surface area (Å²) < 4.78 is 39.6. The average molecular weight is 445 g/mol. The van der Waals surface area contributed by atoms with E-state index in [4.69, 9.17) is 9.47 Å². The molecule has 1 fully saturated rings. The molecule has 0 atom stereocenters. The van der Waals surface area contributed by atoms with E-state index >= 15 is 0 Å². The highest BCUT2D eigenvalue weighted by Crippen LogP contribution is 2.33. The number of nitrogens with one attached hydrogen (secondary N) is 1. The Kier molecular flexibility index (Phi) is 6.36. The van der Waals surface area contributed by atoms with E-state index in [0.29, 0.717) is 42.7 Å². The van der Waals surface area contributed by atoms with Crippen LogP contribution in [-0.2, 0) is 10.0 Å². The number of sulfonamides is 1. The molecule has 0 spiro atoms. The van der Waals surface area contributed by atoms with Gasteiger partial charge in [0.2, 0.25) is 0 Å². The first-order valence-corrected chi connectivity index (χ1v) is 12.2. The summed E-state index contributed by atoms with van der Waals surface area (Å²) in [5.41, 5.74) is 0.597. The van der Waals surface area contributed by atoms with Crippen molar-refractivity contribution in [2.24, 2.45) is 5.92 Å². The van der Waals surface area contributed by atoms with Crippen molar-refractivity contribution in [3.8, 4) is 11.5 Å². The van der Waals surface area contributed by atoms with Crippen LogP contribution in [0.5, 0.6) is 11.5 Å². The maximum Gasteiger partial charge on any atom is 0.262 e. The molecule has 8 heteroatoms. The first kappa shape index (κ1) is 21.5. The van der Waals surface area contributed by atoms with Crippen LogP contribution < -0.4 is 14.2 Å². The van der Waals surface area contributed by atoms with Crippen molar-refractivity contribution in [2.45, 2.75) is 37.0 Å². The van der Waals surface area contributed by atoms with Gasteiger partial charge in [0.1, 0.15) is 13.2 Å². The van der Waals surface area contributed by atoms with Gasteiger partial charge in [-0.15, -0.1) is 0 Å². The third kappa shape index (κ3) is 4.95. The molecule has 0 radical (unpaired) electrons. The van der Waals surface area contributed by atoms with Gasteiger partial charge in [0.05, 0.1) is 16.1 Å². The van der Waals surface area contributed by atoms with Crippen LogP contribution in [0.25, 0.3) is 0 Å². The van der Waals surface area contributed by atoms with Crippen LogP contribution in [0, 0.1) is 5.92 Å². The molecule has 2 aromatic rings. The molecule has 0 saturated heterocycles. The lowest BCUT2D eigenvalue weighted by atomic mass is 9.89. The molecule has 31 heavy (non-hydrogen) atoms. The van der Waals surface area contributed by atoms with Gasteiger partial charge in [-0.1, -0.05) is 31.4 Å². The Hall–Kier alpha value is -2.74. The molecule has 1 aliphatic carbocycles. The van der Waals surface area contributed by atoms with Crippen molar-refractivity contribution in [1.29, 1.82) is 0 Å². The number of amides is 1. The van der Waals surface area contributed by atoms with E-state index in [0.717, 1.165) is 12.8 Å². The molecule has 1 heterocycles. The summed E-state index contributed by atoms with van der Waals surface area (Å²) >= 11 is 0. The minimum atomic E-state index is -3.91. The lowest BCUT2D eigenvalue weighted by Crippen LogP contribution is -2.33. The second-order valence-electron chi connectivity index (χ2n) is 8.15. The molecule has 0 aromatic heterocycles. The number of benzene rings is 2. The Morgan fingerprint density at radius 3 is 2.52 bits per heavy atom. The van der Waals surface area contributed by atoms with E-state index in [9.17, 15) is 13.2 Å². The molecule has 4 rings (SSSR count). The summed E-state index contributed by atoms with van der Waals surface area (Å²) in [6.45, 7) is 1.48. The van der Waals surface area contributed by atoms with Crippen LogP contribution >= 0.6 is 0 Å². The van der Waals surface area contributed by atoms with Crippen LogP contribution in [-0.4, -0.2) is 46.0 Å². The van der Waals surface area contributed by atoms with E-state index in [1.165, 1.54) is 31.4 Å². The fourth-order valence-corrected chi connectivity index (χ4v) is 5.29. The monoisotopic (exact) mass is 444 g/mol. The zero-order valence-corrected chi connectivity index (χ0v) is 18.5. The van der Waals surface area contributed by atoms with E-state index < -0.39 is 10.0 Å². The highest BCUT2D eigenvalue weighted by atomic mass is 32.2. The second kappa shape index (κ2) is 9.18. The first-order chi connectivity index (χ1) is 14.9.